The standard InChI is InChI=1S/C13H18BrN3O/c1-9-4-6-16(8-11(9)14)12-13(18)17(7-5-15-12)10-2-3-10/h5,7,9-11H,2-4,6,8H2,1H3. The normalized spacial score (nSPS) is 28.4. The van der Waals surface area contributed by atoms with E-state index in [0.717, 1.165) is 32.4 Å². The lowest BCUT2D eigenvalue weighted by Gasteiger charge is -2.34. The predicted octanol–water partition coefficient (Wildman–Crippen LogP) is 2.19. The second kappa shape index (κ2) is 4.68. The Morgan fingerprint density at radius 2 is 2.17 bits per heavy atom. The maximum atomic E-state index is 12.4. The Balaban J connectivity index is 1.88. The Morgan fingerprint density at radius 3 is 2.83 bits per heavy atom. The Kier molecular flexibility index (Phi) is 3.18. The molecule has 1 saturated carbocycles. The molecule has 3 rings (SSSR count). The van der Waals surface area contributed by atoms with Crippen molar-refractivity contribution in [2.45, 2.75) is 37.1 Å². The maximum Gasteiger partial charge on any atom is 0.293 e. The zero-order valence-electron chi connectivity index (χ0n) is 10.6. The van der Waals surface area contributed by atoms with Crippen molar-refractivity contribution in [3.63, 3.8) is 0 Å². The van der Waals surface area contributed by atoms with Crippen LogP contribution < -0.4 is 10.5 Å². The molecule has 2 heterocycles. The van der Waals surface area contributed by atoms with Gasteiger partial charge in [0.05, 0.1) is 0 Å². The monoisotopic (exact) mass is 311 g/mol. The van der Waals surface area contributed by atoms with Crippen LogP contribution >= 0.6 is 15.9 Å². The van der Waals surface area contributed by atoms with E-state index < -0.39 is 0 Å². The summed E-state index contributed by atoms with van der Waals surface area (Å²) >= 11 is 3.70. The SMILES string of the molecule is CC1CCN(c2nccn(C3CC3)c2=O)CC1Br. The molecule has 1 saturated heterocycles. The van der Waals surface area contributed by atoms with Gasteiger partial charge in [-0.1, -0.05) is 22.9 Å². The van der Waals surface area contributed by atoms with Crippen molar-refractivity contribution in [2.24, 2.45) is 5.92 Å². The maximum absolute atomic E-state index is 12.4. The molecule has 1 aliphatic heterocycles. The van der Waals surface area contributed by atoms with Gasteiger partial charge in [-0.05, 0) is 25.2 Å². The van der Waals surface area contributed by atoms with Crippen LogP contribution in [0, 0.1) is 5.92 Å². The minimum Gasteiger partial charge on any atom is -0.351 e. The molecule has 0 radical (unpaired) electrons. The van der Waals surface area contributed by atoms with Crippen LogP contribution in [0.3, 0.4) is 0 Å². The van der Waals surface area contributed by atoms with E-state index in [1.807, 2.05) is 10.8 Å². The second-order valence-electron chi connectivity index (χ2n) is 5.42. The molecule has 4 nitrogen and oxygen atoms in total. The van der Waals surface area contributed by atoms with E-state index in [4.69, 9.17) is 0 Å². The van der Waals surface area contributed by atoms with E-state index in [2.05, 4.69) is 32.7 Å². The smallest absolute Gasteiger partial charge is 0.293 e. The molecule has 18 heavy (non-hydrogen) atoms. The summed E-state index contributed by atoms with van der Waals surface area (Å²) in [6.45, 7) is 4.05. The average Bonchev–Trinajstić information content (AvgIpc) is 3.17. The Hall–Kier alpha value is -0.840. The van der Waals surface area contributed by atoms with E-state index in [1.54, 1.807) is 6.20 Å². The fraction of sp³-hybridized carbons (Fsp3) is 0.692. The molecule has 98 valence electrons. The third-order valence-corrected chi connectivity index (χ3v) is 5.15. The molecule has 0 amide bonds. The minimum absolute atomic E-state index is 0.0780. The van der Waals surface area contributed by atoms with Crippen LogP contribution in [-0.2, 0) is 0 Å². The Labute approximate surface area is 115 Å². The van der Waals surface area contributed by atoms with Crippen LogP contribution in [0.25, 0.3) is 0 Å². The molecular formula is C13H18BrN3O. The van der Waals surface area contributed by atoms with Crippen molar-refractivity contribution < 1.29 is 0 Å². The van der Waals surface area contributed by atoms with E-state index in [-0.39, 0.29) is 5.56 Å². The number of hydrogen-bond acceptors (Lipinski definition) is 3. The first-order chi connectivity index (χ1) is 8.66. The summed E-state index contributed by atoms with van der Waals surface area (Å²) in [7, 11) is 0. The van der Waals surface area contributed by atoms with Gasteiger partial charge in [0.15, 0.2) is 5.82 Å². The summed E-state index contributed by atoms with van der Waals surface area (Å²) in [6, 6.07) is 0.419. The predicted molar refractivity (Wildman–Crippen MR) is 75.5 cm³/mol. The number of aromatic nitrogens is 2. The summed E-state index contributed by atoms with van der Waals surface area (Å²) in [4.78, 5) is 19.3. The average molecular weight is 312 g/mol. The molecule has 2 unspecified atom stereocenters. The van der Waals surface area contributed by atoms with Crippen molar-refractivity contribution in [3.05, 3.63) is 22.7 Å². The van der Waals surface area contributed by atoms with Gasteiger partial charge in [0.25, 0.3) is 5.56 Å². The quantitative estimate of drug-likeness (QED) is 0.786. The van der Waals surface area contributed by atoms with Gasteiger partial charge in [0.2, 0.25) is 0 Å². The number of hydrogen-bond donors (Lipinski definition) is 0. The van der Waals surface area contributed by atoms with Crippen molar-refractivity contribution >= 4 is 21.7 Å². The summed E-state index contributed by atoms with van der Waals surface area (Å²) in [5.74, 6) is 1.29. The van der Waals surface area contributed by atoms with Gasteiger partial charge in [0.1, 0.15) is 0 Å². The molecule has 0 aromatic carbocycles. The fourth-order valence-electron chi connectivity index (χ4n) is 2.49. The first-order valence-corrected chi connectivity index (χ1v) is 7.54. The zero-order valence-corrected chi connectivity index (χ0v) is 12.1. The molecule has 2 fully saturated rings. The second-order valence-corrected chi connectivity index (χ2v) is 6.60. The number of piperidine rings is 1. The van der Waals surface area contributed by atoms with Crippen molar-refractivity contribution in [2.75, 3.05) is 18.0 Å². The number of nitrogens with zero attached hydrogens (tertiary/aromatic N) is 3. The molecule has 1 aromatic heterocycles. The largest absolute Gasteiger partial charge is 0.351 e. The van der Waals surface area contributed by atoms with E-state index >= 15 is 0 Å². The highest BCUT2D eigenvalue weighted by Crippen LogP contribution is 2.33. The molecule has 0 N–H and O–H groups in total. The van der Waals surface area contributed by atoms with Crippen molar-refractivity contribution in [3.8, 4) is 0 Å². The summed E-state index contributed by atoms with van der Waals surface area (Å²) < 4.78 is 1.85. The third kappa shape index (κ3) is 2.20. The first kappa shape index (κ1) is 12.2. The number of alkyl halides is 1. The van der Waals surface area contributed by atoms with Crippen molar-refractivity contribution in [1.82, 2.24) is 9.55 Å². The van der Waals surface area contributed by atoms with E-state index in [9.17, 15) is 4.79 Å². The van der Waals surface area contributed by atoms with Gasteiger partial charge in [0, 0.05) is 36.4 Å². The third-order valence-electron chi connectivity index (χ3n) is 3.96. The lowest BCUT2D eigenvalue weighted by atomic mass is 9.99. The van der Waals surface area contributed by atoms with Crippen LogP contribution in [0.1, 0.15) is 32.2 Å². The van der Waals surface area contributed by atoms with Crippen LogP contribution in [-0.4, -0.2) is 27.5 Å². The summed E-state index contributed by atoms with van der Waals surface area (Å²) in [5, 5.41) is 0. The molecule has 1 aliphatic carbocycles. The lowest BCUT2D eigenvalue weighted by molar-refractivity contribution is 0.452. The molecule has 5 heteroatoms. The summed E-state index contributed by atoms with van der Waals surface area (Å²) in [6.07, 6.45) is 6.94. The van der Waals surface area contributed by atoms with Crippen LogP contribution in [0.4, 0.5) is 5.82 Å². The topological polar surface area (TPSA) is 38.1 Å². The molecule has 0 bridgehead atoms. The first-order valence-electron chi connectivity index (χ1n) is 6.63. The van der Waals surface area contributed by atoms with Gasteiger partial charge in [-0.15, -0.1) is 0 Å². The van der Waals surface area contributed by atoms with Gasteiger partial charge in [-0.2, -0.15) is 0 Å². The molecule has 2 aliphatic rings. The van der Waals surface area contributed by atoms with Gasteiger partial charge in [-0.3, -0.25) is 4.79 Å². The van der Waals surface area contributed by atoms with Crippen molar-refractivity contribution in [1.29, 1.82) is 0 Å². The minimum atomic E-state index is 0.0780. The lowest BCUT2D eigenvalue weighted by Crippen LogP contribution is -2.43. The molecule has 1 aromatic rings. The number of anilines is 1. The fourth-order valence-corrected chi connectivity index (χ4v) is 3.10. The highest BCUT2D eigenvalue weighted by atomic mass is 79.9. The molecule has 0 spiro atoms. The summed E-state index contributed by atoms with van der Waals surface area (Å²) in [5.41, 5.74) is 0.0780. The Bertz CT molecular complexity index is 497. The highest BCUT2D eigenvalue weighted by molar-refractivity contribution is 9.09. The van der Waals surface area contributed by atoms with Gasteiger partial charge >= 0.3 is 0 Å². The van der Waals surface area contributed by atoms with Crippen LogP contribution in [0.5, 0.6) is 0 Å². The highest BCUT2D eigenvalue weighted by Gasteiger charge is 2.29. The zero-order chi connectivity index (χ0) is 12.7. The Morgan fingerprint density at radius 1 is 1.39 bits per heavy atom. The van der Waals surface area contributed by atoms with Gasteiger partial charge < -0.3 is 9.47 Å². The van der Waals surface area contributed by atoms with Gasteiger partial charge in [-0.25, -0.2) is 4.98 Å². The molecule has 2 atom stereocenters. The van der Waals surface area contributed by atoms with Crippen LogP contribution in [0.15, 0.2) is 17.2 Å². The van der Waals surface area contributed by atoms with Crippen LogP contribution in [0.2, 0.25) is 0 Å². The number of rotatable bonds is 2. The van der Waals surface area contributed by atoms with E-state index in [0.29, 0.717) is 22.6 Å². The molecular weight excluding hydrogens is 294 g/mol. The van der Waals surface area contributed by atoms with E-state index in [1.165, 1.54) is 0 Å². The number of halogens is 1.